The number of nitrogens with one attached hydrogen (secondary N) is 1. The van der Waals surface area contributed by atoms with E-state index in [0.717, 1.165) is 25.7 Å². The minimum atomic E-state index is -1.22. The van der Waals surface area contributed by atoms with Crippen molar-refractivity contribution in [3.05, 3.63) is 29.5 Å². The smallest absolute Gasteiger partial charge is 0.352 e. The van der Waals surface area contributed by atoms with Crippen LogP contribution in [0.2, 0.25) is 0 Å². The molecule has 0 spiro atoms. The van der Waals surface area contributed by atoms with Crippen molar-refractivity contribution in [3.8, 4) is 11.5 Å². The lowest BCUT2D eigenvalue weighted by Crippen LogP contribution is -2.24. The van der Waals surface area contributed by atoms with Crippen LogP contribution in [0, 0.1) is 0 Å². The first-order valence-corrected chi connectivity index (χ1v) is 7.57. The van der Waals surface area contributed by atoms with E-state index in [0.29, 0.717) is 17.1 Å². The zero-order valence-electron chi connectivity index (χ0n) is 13.3. The van der Waals surface area contributed by atoms with Crippen LogP contribution >= 0.6 is 0 Å². The Morgan fingerprint density at radius 1 is 1.30 bits per heavy atom. The van der Waals surface area contributed by atoms with Crippen LogP contribution in [-0.4, -0.2) is 30.2 Å². The van der Waals surface area contributed by atoms with Gasteiger partial charge in [-0.05, 0) is 37.8 Å². The van der Waals surface area contributed by atoms with Crippen LogP contribution in [-0.2, 0) is 9.59 Å². The van der Waals surface area contributed by atoms with Crippen molar-refractivity contribution in [1.29, 1.82) is 0 Å². The third kappa shape index (κ3) is 4.48. The molecule has 1 aliphatic rings. The highest BCUT2D eigenvalue weighted by molar-refractivity contribution is 5.96. The second-order valence-corrected chi connectivity index (χ2v) is 5.45. The van der Waals surface area contributed by atoms with E-state index in [4.69, 9.17) is 9.47 Å². The molecule has 1 saturated carbocycles. The fraction of sp³-hybridized carbons (Fsp3) is 0.412. The Morgan fingerprint density at radius 3 is 2.57 bits per heavy atom. The van der Waals surface area contributed by atoms with Crippen molar-refractivity contribution in [1.82, 2.24) is 5.32 Å². The van der Waals surface area contributed by atoms with Gasteiger partial charge in [-0.3, -0.25) is 4.79 Å². The summed E-state index contributed by atoms with van der Waals surface area (Å²) in [6.07, 6.45) is 5.85. The summed E-state index contributed by atoms with van der Waals surface area (Å²) >= 11 is 0. The van der Waals surface area contributed by atoms with Crippen molar-refractivity contribution in [2.75, 3.05) is 7.11 Å². The molecule has 0 saturated heterocycles. The maximum atomic E-state index is 11.2. The molecule has 0 aliphatic heterocycles. The summed E-state index contributed by atoms with van der Waals surface area (Å²) in [6, 6.07) is 5.28. The normalized spacial score (nSPS) is 15.3. The number of hydrogen-bond acceptors (Lipinski definition) is 4. The largest absolute Gasteiger partial charge is 0.492 e. The van der Waals surface area contributed by atoms with Gasteiger partial charge in [0.1, 0.15) is 5.70 Å². The molecule has 0 radical (unpaired) electrons. The Labute approximate surface area is 135 Å². The molecule has 23 heavy (non-hydrogen) atoms. The number of carboxylic acid groups (broad SMARTS) is 1. The van der Waals surface area contributed by atoms with Crippen molar-refractivity contribution < 1.29 is 24.2 Å². The quantitative estimate of drug-likeness (QED) is 0.787. The number of methoxy groups -OCH3 is 1. The number of rotatable bonds is 6. The highest BCUT2D eigenvalue weighted by atomic mass is 16.5. The molecule has 1 amide bonds. The number of benzene rings is 1. The summed E-state index contributed by atoms with van der Waals surface area (Å²) < 4.78 is 11.4. The van der Waals surface area contributed by atoms with Gasteiger partial charge in [0.25, 0.3) is 0 Å². The number of carbonyl (C=O) groups excluding carboxylic acids is 1. The average Bonchev–Trinajstić information content (AvgIpc) is 2.99. The molecule has 0 unspecified atom stereocenters. The highest BCUT2D eigenvalue weighted by Crippen LogP contribution is 2.35. The molecule has 0 atom stereocenters. The first-order valence-electron chi connectivity index (χ1n) is 7.57. The average molecular weight is 319 g/mol. The summed E-state index contributed by atoms with van der Waals surface area (Å²) in [4.78, 5) is 22.4. The third-order valence-electron chi connectivity index (χ3n) is 3.65. The van der Waals surface area contributed by atoms with Crippen molar-refractivity contribution in [2.45, 2.75) is 38.7 Å². The fourth-order valence-corrected chi connectivity index (χ4v) is 2.64. The molecule has 2 N–H and O–H groups in total. The maximum Gasteiger partial charge on any atom is 0.352 e. The topological polar surface area (TPSA) is 84.9 Å². The Hall–Kier alpha value is -2.50. The van der Waals surface area contributed by atoms with Gasteiger partial charge in [-0.25, -0.2) is 4.79 Å². The fourth-order valence-electron chi connectivity index (χ4n) is 2.64. The molecule has 1 fully saturated rings. The van der Waals surface area contributed by atoms with Crippen LogP contribution in [0.5, 0.6) is 11.5 Å². The van der Waals surface area contributed by atoms with E-state index >= 15 is 0 Å². The number of hydrogen-bond donors (Lipinski definition) is 2. The zero-order chi connectivity index (χ0) is 16.8. The van der Waals surface area contributed by atoms with E-state index in [2.05, 4.69) is 5.32 Å². The molecule has 0 aromatic heterocycles. The second kappa shape index (κ2) is 7.67. The maximum absolute atomic E-state index is 11.2. The zero-order valence-corrected chi connectivity index (χ0v) is 13.3. The summed E-state index contributed by atoms with van der Waals surface area (Å²) in [6.45, 7) is 1.26. The number of carboxylic acids is 1. The summed E-state index contributed by atoms with van der Waals surface area (Å²) in [5.41, 5.74) is 0.322. The molecular formula is C17H21NO5. The molecule has 2 rings (SSSR count). The van der Waals surface area contributed by atoms with E-state index < -0.39 is 11.9 Å². The number of amides is 1. The predicted octanol–water partition coefficient (Wildman–Crippen LogP) is 2.58. The minimum absolute atomic E-state index is 0.164. The number of para-hydroxylation sites is 1. The second-order valence-electron chi connectivity index (χ2n) is 5.45. The van der Waals surface area contributed by atoms with Gasteiger partial charge in [-0.2, -0.15) is 0 Å². The van der Waals surface area contributed by atoms with Gasteiger partial charge >= 0.3 is 5.97 Å². The predicted molar refractivity (Wildman–Crippen MR) is 85.3 cm³/mol. The Bertz CT molecular complexity index is 617. The Balaban J connectivity index is 2.33. The van der Waals surface area contributed by atoms with Gasteiger partial charge in [0.2, 0.25) is 5.91 Å². The number of ether oxygens (including phenoxy) is 2. The van der Waals surface area contributed by atoms with E-state index in [-0.39, 0.29) is 11.8 Å². The van der Waals surface area contributed by atoms with E-state index in [1.165, 1.54) is 20.1 Å². The molecular weight excluding hydrogens is 298 g/mol. The van der Waals surface area contributed by atoms with Crippen LogP contribution in [0.25, 0.3) is 6.08 Å². The van der Waals surface area contributed by atoms with Crippen LogP contribution in [0.1, 0.15) is 38.2 Å². The lowest BCUT2D eigenvalue weighted by molar-refractivity contribution is -0.134. The summed E-state index contributed by atoms with van der Waals surface area (Å²) in [5, 5.41) is 11.5. The highest BCUT2D eigenvalue weighted by Gasteiger charge is 2.20. The monoisotopic (exact) mass is 319 g/mol. The van der Waals surface area contributed by atoms with Crippen molar-refractivity contribution in [2.24, 2.45) is 0 Å². The first-order chi connectivity index (χ1) is 11.0. The van der Waals surface area contributed by atoms with Crippen molar-refractivity contribution >= 4 is 18.0 Å². The van der Waals surface area contributed by atoms with E-state index in [9.17, 15) is 14.7 Å². The van der Waals surface area contributed by atoms with Crippen LogP contribution in [0.3, 0.4) is 0 Å². The van der Waals surface area contributed by atoms with Gasteiger partial charge in [0.05, 0.1) is 13.2 Å². The summed E-state index contributed by atoms with van der Waals surface area (Å²) in [7, 11) is 1.51. The van der Waals surface area contributed by atoms with Gasteiger partial charge in [-0.15, -0.1) is 0 Å². The molecule has 1 aromatic carbocycles. The Morgan fingerprint density at radius 2 is 2.00 bits per heavy atom. The van der Waals surface area contributed by atoms with E-state index in [1.54, 1.807) is 18.2 Å². The number of carbonyl (C=O) groups is 2. The van der Waals surface area contributed by atoms with Gasteiger partial charge in [0, 0.05) is 12.5 Å². The summed E-state index contributed by atoms with van der Waals surface area (Å²) in [5.74, 6) is -0.621. The molecule has 0 heterocycles. The third-order valence-corrected chi connectivity index (χ3v) is 3.65. The molecule has 1 aliphatic carbocycles. The van der Waals surface area contributed by atoms with Crippen LogP contribution in [0.15, 0.2) is 23.9 Å². The SMILES string of the molecule is COc1c(/C=C(\NC(C)=O)C(=O)O)cccc1OC1CCCC1. The standard InChI is InChI=1S/C17H21NO5/c1-11(19)18-14(17(20)21)10-12-6-5-9-15(16(12)22-2)23-13-7-3-4-8-13/h5-6,9-10,13H,3-4,7-8H2,1-2H3,(H,18,19)(H,20,21)/b14-10-. The van der Waals surface area contributed by atoms with Crippen LogP contribution < -0.4 is 14.8 Å². The Kier molecular flexibility index (Phi) is 5.62. The van der Waals surface area contributed by atoms with E-state index in [1.807, 2.05) is 0 Å². The molecule has 124 valence electrons. The lowest BCUT2D eigenvalue weighted by Gasteiger charge is -2.17. The molecule has 6 nitrogen and oxygen atoms in total. The first kappa shape index (κ1) is 16.9. The van der Waals surface area contributed by atoms with Crippen LogP contribution in [0.4, 0.5) is 0 Å². The van der Waals surface area contributed by atoms with Gasteiger partial charge in [0.15, 0.2) is 11.5 Å². The van der Waals surface area contributed by atoms with Gasteiger partial charge < -0.3 is 19.9 Å². The minimum Gasteiger partial charge on any atom is -0.492 e. The van der Waals surface area contributed by atoms with Gasteiger partial charge in [-0.1, -0.05) is 12.1 Å². The lowest BCUT2D eigenvalue weighted by atomic mass is 10.1. The van der Waals surface area contributed by atoms with Crippen molar-refractivity contribution in [3.63, 3.8) is 0 Å². The molecule has 6 heteroatoms. The molecule has 0 bridgehead atoms. The molecule has 1 aromatic rings. The number of aliphatic carboxylic acids is 1.